The molecule has 0 amide bonds. The molecule has 0 radical (unpaired) electrons. The minimum absolute atomic E-state index is 0.229. The predicted octanol–water partition coefficient (Wildman–Crippen LogP) is 3.45. The van der Waals surface area contributed by atoms with Crippen molar-refractivity contribution in [3.05, 3.63) is 65.5 Å². The van der Waals surface area contributed by atoms with Gasteiger partial charge in [0.1, 0.15) is 11.6 Å². The van der Waals surface area contributed by atoms with Crippen molar-refractivity contribution in [3.63, 3.8) is 0 Å². The first kappa shape index (κ1) is 13.6. The number of hydrogen-bond donors (Lipinski definition) is 1. The summed E-state index contributed by atoms with van der Waals surface area (Å²) in [5, 5.41) is 3.30. The van der Waals surface area contributed by atoms with Crippen molar-refractivity contribution in [2.75, 3.05) is 6.54 Å². The van der Waals surface area contributed by atoms with Crippen molar-refractivity contribution >= 4 is 0 Å². The normalized spacial score (nSPS) is 12.4. The number of aromatic nitrogens is 1. The summed E-state index contributed by atoms with van der Waals surface area (Å²) in [7, 11) is 0. The first-order valence-corrected chi connectivity index (χ1v) is 6.30. The van der Waals surface area contributed by atoms with E-state index < -0.39 is 11.6 Å². The number of benzene rings is 1. The third kappa shape index (κ3) is 3.58. The summed E-state index contributed by atoms with van der Waals surface area (Å²) in [5.74, 6) is -1.13. The fourth-order valence-electron chi connectivity index (χ4n) is 2.01. The monoisotopic (exact) mass is 262 g/mol. The zero-order chi connectivity index (χ0) is 13.7. The minimum atomic E-state index is -0.563. The topological polar surface area (TPSA) is 24.9 Å². The van der Waals surface area contributed by atoms with Crippen LogP contribution in [0.4, 0.5) is 8.78 Å². The molecule has 1 aromatic heterocycles. The zero-order valence-corrected chi connectivity index (χ0v) is 10.7. The van der Waals surface area contributed by atoms with Crippen molar-refractivity contribution in [2.45, 2.75) is 19.4 Å². The summed E-state index contributed by atoms with van der Waals surface area (Å²) in [6.07, 6.45) is 4.29. The molecule has 0 aliphatic carbocycles. The lowest BCUT2D eigenvalue weighted by molar-refractivity contribution is 0.558. The van der Waals surface area contributed by atoms with E-state index in [1.165, 1.54) is 12.1 Å². The molecule has 2 rings (SSSR count). The van der Waals surface area contributed by atoms with E-state index >= 15 is 0 Å². The van der Waals surface area contributed by atoms with Gasteiger partial charge in [0.05, 0.1) is 6.04 Å². The van der Waals surface area contributed by atoms with Crippen LogP contribution in [0.3, 0.4) is 0 Å². The van der Waals surface area contributed by atoms with Crippen LogP contribution >= 0.6 is 0 Å². The average Bonchev–Trinajstić information content (AvgIpc) is 2.39. The molecule has 0 fully saturated rings. The summed E-state index contributed by atoms with van der Waals surface area (Å²) < 4.78 is 26.7. The van der Waals surface area contributed by atoms with Crippen LogP contribution in [0.15, 0.2) is 42.7 Å². The Morgan fingerprint density at radius 2 is 1.68 bits per heavy atom. The second-order valence-corrected chi connectivity index (χ2v) is 4.37. The van der Waals surface area contributed by atoms with Crippen LogP contribution in [-0.2, 0) is 0 Å². The van der Waals surface area contributed by atoms with Gasteiger partial charge in [-0.3, -0.25) is 4.98 Å². The lowest BCUT2D eigenvalue weighted by atomic mass is 9.99. The van der Waals surface area contributed by atoms with Gasteiger partial charge in [-0.1, -0.05) is 6.92 Å². The lowest BCUT2D eigenvalue weighted by Crippen LogP contribution is -2.23. The fraction of sp³-hybridized carbons (Fsp3) is 0.267. The highest BCUT2D eigenvalue weighted by molar-refractivity contribution is 5.31. The molecule has 0 saturated carbocycles. The quantitative estimate of drug-likeness (QED) is 0.892. The molecular weight excluding hydrogens is 246 g/mol. The van der Waals surface area contributed by atoms with Gasteiger partial charge in [-0.25, -0.2) is 8.78 Å². The molecule has 1 N–H and O–H groups in total. The molecule has 0 bridgehead atoms. The molecule has 100 valence electrons. The SMILES string of the molecule is CCCNC(c1ccncc1)c1cc(F)cc(F)c1. The maximum Gasteiger partial charge on any atom is 0.126 e. The van der Waals surface area contributed by atoms with Crippen molar-refractivity contribution in [3.8, 4) is 0 Å². The van der Waals surface area contributed by atoms with E-state index in [0.29, 0.717) is 5.56 Å². The average molecular weight is 262 g/mol. The number of nitrogens with one attached hydrogen (secondary N) is 1. The van der Waals surface area contributed by atoms with Gasteiger partial charge in [-0.05, 0) is 48.4 Å². The summed E-state index contributed by atoms with van der Waals surface area (Å²) in [6.45, 7) is 2.81. The largest absolute Gasteiger partial charge is 0.306 e. The van der Waals surface area contributed by atoms with Crippen LogP contribution in [0.5, 0.6) is 0 Å². The molecule has 19 heavy (non-hydrogen) atoms. The number of pyridine rings is 1. The number of hydrogen-bond acceptors (Lipinski definition) is 2. The molecule has 1 unspecified atom stereocenters. The molecule has 0 aliphatic rings. The van der Waals surface area contributed by atoms with Crippen LogP contribution in [0.1, 0.15) is 30.5 Å². The van der Waals surface area contributed by atoms with E-state index in [9.17, 15) is 8.78 Å². The van der Waals surface area contributed by atoms with E-state index in [4.69, 9.17) is 0 Å². The molecule has 4 heteroatoms. The van der Waals surface area contributed by atoms with Gasteiger partial charge in [0.25, 0.3) is 0 Å². The number of nitrogens with zero attached hydrogens (tertiary/aromatic N) is 1. The second kappa shape index (κ2) is 6.38. The molecule has 0 spiro atoms. The zero-order valence-electron chi connectivity index (χ0n) is 10.7. The summed E-state index contributed by atoms with van der Waals surface area (Å²) in [4.78, 5) is 3.96. The van der Waals surface area contributed by atoms with E-state index in [1.54, 1.807) is 12.4 Å². The van der Waals surface area contributed by atoms with E-state index in [1.807, 2.05) is 19.1 Å². The standard InChI is InChI=1S/C15H16F2N2/c1-2-5-19-15(11-3-6-18-7-4-11)12-8-13(16)10-14(17)9-12/h3-4,6-10,15,19H,2,5H2,1H3. The summed E-state index contributed by atoms with van der Waals surface area (Å²) in [6, 6.07) is 7.06. The smallest absolute Gasteiger partial charge is 0.126 e. The Morgan fingerprint density at radius 3 is 2.26 bits per heavy atom. The van der Waals surface area contributed by atoms with Gasteiger partial charge in [-0.15, -0.1) is 0 Å². The third-order valence-electron chi connectivity index (χ3n) is 2.86. The highest BCUT2D eigenvalue weighted by Gasteiger charge is 2.15. The van der Waals surface area contributed by atoms with E-state index in [0.717, 1.165) is 24.6 Å². The van der Waals surface area contributed by atoms with Gasteiger partial charge in [0.15, 0.2) is 0 Å². The Labute approximate surface area is 111 Å². The van der Waals surface area contributed by atoms with E-state index in [2.05, 4.69) is 10.3 Å². The van der Waals surface area contributed by atoms with Gasteiger partial charge in [0.2, 0.25) is 0 Å². The molecule has 0 saturated heterocycles. The maximum atomic E-state index is 13.3. The van der Waals surface area contributed by atoms with Gasteiger partial charge < -0.3 is 5.32 Å². The highest BCUT2D eigenvalue weighted by Crippen LogP contribution is 2.23. The summed E-state index contributed by atoms with van der Waals surface area (Å²) in [5.41, 5.74) is 1.52. The Morgan fingerprint density at radius 1 is 1.05 bits per heavy atom. The Bertz CT molecular complexity index is 509. The molecular formula is C15H16F2N2. The van der Waals surface area contributed by atoms with Crippen molar-refractivity contribution in [2.24, 2.45) is 0 Å². The minimum Gasteiger partial charge on any atom is -0.306 e. The molecule has 0 aliphatic heterocycles. The van der Waals surface area contributed by atoms with Gasteiger partial charge >= 0.3 is 0 Å². The number of rotatable bonds is 5. The Hall–Kier alpha value is -1.81. The first-order valence-electron chi connectivity index (χ1n) is 6.30. The maximum absolute atomic E-state index is 13.3. The Kier molecular flexibility index (Phi) is 4.58. The van der Waals surface area contributed by atoms with Crippen LogP contribution in [0.2, 0.25) is 0 Å². The fourth-order valence-corrected chi connectivity index (χ4v) is 2.01. The highest BCUT2D eigenvalue weighted by atomic mass is 19.1. The third-order valence-corrected chi connectivity index (χ3v) is 2.86. The van der Waals surface area contributed by atoms with Crippen LogP contribution in [0, 0.1) is 11.6 Å². The van der Waals surface area contributed by atoms with Crippen LogP contribution in [0.25, 0.3) is 0 Å². The molecule has 1 atom stereocenters. The molecule has 2 aromatic rings. The van der Waals surface area contributed by atoms with Crippen molar-refractivity contribution < 1.29 is 8.78 Å². The Balaban J connectivity index is 2.36. The lowest BCUT2D eigenvalue weighted by Gasteiger charge is -2.19. The van der Waals surface area contributed by atoms with Gasteiger partial charge in [-0.2, -0.15) is 0 Å². The first-order chi connectivity index (χ1) is 9.20. The molecule has 1 aromatic carbocycles. The summed E-state index contributed by atoms with van der Waals surface area (Å²) >= 11 is 0. The molecule has 1 heterocycles. The van der Waals surface area contributed by atoms with Crippen molar-refractivity contribution in [1.82, 2.24) is 10.3 Å². The second-order valence-electron chi connectivity index (χ2n) is 4.37. The van der Waals surface area contributed by atoms with Crippen LogP contribution < -0.4 is 5.32 Å². The number of halogens is 2. The predicted molar refractivity (Wildman–Crippen MR) is 70.7 cm³/mol. The van der Waals surface area contributed by atoms with Crippen molar-refractivity contribution in [1.29, 1.82) is 0 Å². The molecule has 2 nitrogen and oxygen atoms in total. The van der Waals surface area contributed by atoms with Crippen LogP contribution in [-0.4, -0.2) is 11.5 Å². The van der Waals surface area contributed by atoms with E-state index in [-0.39, 0.29) is 6.04 Å². The van der Waals surface area contributed by atoms with Gasteiger partial charge in [0, 0.05) is 18.5 Å².